The van der Waals surface area contributed by atoms with Crippen LogP contribution < -0.4 is 9.20 Å². The third-order valence-electron chi connectivity index (χ3n) is 5.20. The molecule has 0 atom stereocenters. The van der Waals surface area contributed by atoms with E-state index in [0.29, 0.717) is 19.7 Å². The zero-order valence-corrected chi connectivity index (χ0v) is 18.5. The van der Waals surface area contributed by atoms with Crippen molar-refractivity contribution in [3.63, 3.8) is 0 Å². The van der Waals surface area contributed by atoms with Gasteiger partial charge >= 0.3 is 159 Å². The molecule has 0 bridgehead atoms. The van der Waals surface area contributed by atoms with Crippen LogP contribution in [0.5, 0.6) is 5.75 Å². The second-order valence-corrected chi connectivity index (χ2v) is 11.3. The Morgan fingerprint density at radius 1 is 1.00 bits per heavy atom. The molecule has 0 spiro atoms. The molecule has 3 rings (SSSR count). The fourth-order valence-electron chi connectivity index (χ4n) is 3.61. The van der Waals surface area contributed by atoms with Crippen LogP contribution >= 0.6 is 0 Å². The van der Waals surface area contributed by atoms with Crippen molar-refractivity contribution in [2.75, 3.05) is 0 Å². The molecule has 1 aliphatic carbocycles. The molecule has 0 aromatic heterocycles. The molecule has 0 N–H and O–H groups in total. The summed E-state index contributed by atoms with van der Waals surface area (Å²) in [5, 5.41) is 0. The van der Waals surface area contributed by atoms with Crippen LogP contribution in [-0.2, 0) is 17.4 Å². The number of rotatable bonds is 4. The predicted octanol–water partition coefficient (Wildman–Crippen LogP) is 3.76. The van der Waals surface area contributed by atoms with Crippen molar-refractivity contribution < 1.29 is 4.74 Å². The Morgan fingerprint density at radius 2 is 1.67 bits per heavy atom. The van der Waals surface area contributed by atoms with Gasteiger partial charge in [-0.25, -0.2) is 0 Å². The van der Waals surface area contributed by atoms with Gasteiger partial charge in [0, 0.05) is 0 Å². The van der Waals surface area contributed by atoms with Gasteiger partial charge in [-0.3, -0.25) is 0 Å². The van der Waals surface area contributed by atoms with Crippen LogP contribution in [0.4, 0.5) is 0 Å². The van der Waals surface area contributed by atoms with Crippen LogP contribution in [0.25, 0.3) is 0 Å². The third kappa shape index (κ3) is 3.60. The molecule has 2 aromatic carbocycles. The Bertz CT molecular complexity index is 720. The first kappa shape index (κ1) is 18.1. The monoisotopic (exact) mass is 454 g/mol. The minimum absolute atomic E-state index is 0.172. The predicted molar refractivity (Wildman–Crippen MR) is 105 cm³/mol. The van der Waals surface area contributed by atoms with Crippen molar-refractivity contribution in [3.05, 3.63) is 59.2 Å². The molecule has 24 heavy (non-hydrogen) atoms. The maximum atomic E-state index is 6.36. The average Bonchev–Trinajstić information content (AvgIpc) is 2.57. The van der Waals surface area contributed by atoms with E-state index in [1.807, 2.05) is 0 Å². The molecule has 1 nitrogen and oxygen atoms in total. The van der Waals surface area contributed by atoms with E-state index in [2.05, 4.69) is 84.3 Å². The van der Waals surface area contributed by atoms with Crippen molar-refractivity contribution in [3.8, 4) is 5.75 Å². The number of hydrogen-bond acceptors (Lipinski definition) is 1. The van der Waals surface area contributed by atoms with Gasteiger partial charge in [-0.1, -0.05) is 0 Å². The Hall–Kier alpha value is -0.721. The molecule has 0 fully saturated rings. The molecule has 0 aliphatic heterocycles. The number of fused-ring (bicyclic) bond motifs is 1. The summed E-state index contributed by atoms with van der Waals surface area (Å²) in [6, 6.07) is 15.2. The molecular formula is C21H26OSe2. The van der Waals surface area contributed by atoms with E-state index in [4.69, 9.17) is 4.74 Å². The normalized spacial score (nSPS) is 18.0. The minimum atomic E-state index is 0.172. The summed E-state index contributed by atoms with van der Waals surface area (Å²) in [4.78, 5) is 0. The summed E-state index contributed by atoms with van der Waals surface area (Å²) < 4.78 is 7.78. The zero-order chi connectivity index (χ0) is 17.4. The SMILES string of the molecule is CC1(C)CCC(C)(C)c2c(OCc3ccccc3)cc([Se][SeH])cc21. The first-order chi connectivity index (χ1) is 11.3. The van der Waals surface area contributed by atoms with E-state index in [9.17, 15) is 0 Å². The van der Waals surface area contributed by atoms with Crippen LogP contribution in [0.1, 0.15) is 57.2 Å². The second kappa shape index (κ2) is 6.88. The molecule has 2 aromatic rings. The first-order valence-electron chi connectivity index (χ1n) is 8.51. The quantitative estimate of drug-likeness (QED) is 0.643. The van der Waals surface area contributed by atoms with E-state index >= 15 is 0 Å². The fraction of sp³-hybridized carbons (Fsp3) is 0.429. The number of hydrogen-bond donors (Lipinski definition) is 0. The second-order valence-electron chi connectivity index (χ2n) is 7.98. The van der Waals surface area contributed by atoms with Gasteiger partial charge in [0.1, 0.15) is 0 Å². The van der Waals surface area contributed by atoms with Crippen LogP contribution in [0, 0.1) is 0 Å². The van der Waals surface area contributed by atoms with Crippen LogP contribution in [0.15, 0.2) is 42.5 Å². The van der Waals surface area contributed by atoms with Crippen molar-refractivity contribution in [2.24, 2.45) is 0 Å². The van der Waals surface area contributed by atoms with Gasteiger partial charge in [0.2, 0.25) is 0 Å². The molecule has 0 unspecified atom stereocenters. The van der Waals surface area contributed by atoms with E-state index in [1.54, 1.807) is 0 Å². The summed E-state index contributed by atoms with van der Waals surface area (Å²) >= 11 is 3.18. The summed E-state index contributed by atoms with van der Waals surface area (Å²) in [5.74, 6) is 1.09. The fourth-order valence-corrected chi connectivity index (χ4v) is 5.45. The van der Waals surface area contributed by atoms with Gasteiger partial charge in [-0.15, -0.1) is 0 Å². The molecule has 0 heterocycles. The molecule has 1 aliphatic rings. The van der Waals surface area contributed by atoms with Gasteiger partial charge in [0.15, 0.2) is 0 Å². The molecule has 0 saturated carbocycles. The number of ether oxygens (including phenoxy) is 1. The van der Waals surface area contributed by atoms with E-state index in [-0.39, 0.29) is 10.8 Å². The van der Waals surface area contributed by atoms with Gasteiger partial charge < -0.3 is 0 Å². The van der Waals surface area contributed by atoms with Crippen molar-refractivity contribution in [1.82, 2.24) is 0 Å². The van der Waals surface area contributed by atoms with Gasteiger partial charge in [0.25, 0.3) is 0 Å². The van der Waals surface area contributed by atoms with Crippen molar-refractivity contribution in [1.29, 1.82) is 0 Å². The van der Waals surface area contributed by atoms with Gasteiger partial charge in [-0.05, 0) is 0 Å². The van der Waals surface area contributed by atoms with E-state index in [1.165, 1.54) is 34.0 Å². The topological polar surface area (TPSA) is 9.23 Å². The summed E-state index contributed by atoms with van der Waals surface area (Å²) in [6.07, 6.45) is 2.45. The molecule has 0 amide bonds. The average molecular weight is 452 g/mol. The first-order valence-corrected chi connectivity index (χ1v) is 14.1. The molecule has 0 radical (unpaired) electrons. The van der Waals surface area contributed by atoms with Gasteiger partial charge in [-0.2, -0.15) is 0 Å². The Labute approximate surface area is 159 Å². The molecule has 3 heteroatoms. The van der Waals surface area contributed by atoms with Crippen molar-refractivity contribution in [2.45, 2.75) is 58.0 Å². The van der Waals surface area contributed by atoms with E-state index < -0.39 is 0 Å². The summed E-state index contributed by atoms with van der Waals surface area (Å²) in [5.41, 5.74) is 4.54. The van der Waals surface area contributed by atoms with Gasteiger partial charge in [0.05, 0.1) is 0 Å². The Kier molecular flexibility index (Phi) is 5.19. The van der Waals surface area contributed by atoms with Crippen molar-refractivity contribution >= 4 is 31.8 Å². The summed E-state index contributed by atoms with van der Waals surface area (Å²) in [7, 11) is 0. The van der Waals surface area contributed by atoms with Crippen LogP contribution in [0.3, 0.4) is 0 Å². The molecular weight excluding hydrogens is 426 g/mol. The summed E-state index contributed by atoms with van der Waals surface area (Å²) in [6.45, 7) is 10.1. The number of benzene rings is 2. The van der Waals surface area contributed by atoms with E-state index in [0.717, 1.165) is 5.75 Å². The van der Waals surface area contributed by atoms with Crippen LogP contribution in [0.2, 0.25) is 0 Å². The van der Waals surface area contributed by atoms with Crippen LogP contribution in [-0.4, -0.2) is 27.3 Å². The molecule has 0 saturated heterocycles. The Balaban J connectivity index is 2.04. The maximum absolute atomic E-state index is 6.36. The molecule has 128 valence electrons. The standard InChI is InChI=1S/C21H26OSe2/c1-20(2)10-11-21(3,4)19-17(20)12-16(24-23)13-18(19)22-14-15-8-6-5-7-9-15/h5-9,12-13,23H,10-11,14H2,1-4H3. The Morgan fingerprint density at radius 3 is 2.33 bits per heavy atom. The zero-order valence-electron chi connectivity index (χ0n) is 14.9. The third-order valence-corrected chi connectivity index (χ3v) is 8.43.